The Morgan fingerprint density at radius 3 is 2.55 bits per heavy atom. The molecule has 1 aliphatic rings. The molecule has 0 aliphatic carbocycles. The van der Waals surface area contributed by atoms with E-state index in [1.807, 2.05) is 0 Å². The summed E-state index contributed by atoms with van der Waals surface area (Å²) in [5, 5.41) is 10.9. The van der Waals surface area contributed by atoms with Crippen LogP contribution in [0.3, 0.4) is 0 Å². The normalized spacial score (nSPS) is 14.6. The number of hydrogen-bond donors (Lipinski definition) is 0. The number of benzene rings is 2. The topological polar surface area (TPSA) is 91.8 Å². The highest BCUT2D eigenvalue weighted by Crippen LogP contribution is 2.30. The minimum Gasteiger partial charge on any atom is -0.497 e. The van der Waals surface area contributed by atoms with E-state index in [9.17, 15) is 14.9 Å². The molecule has 0 spiro atoms. The first kappa shape index (κ1) is 18.2. The lowest BCUT2D eigenvalue weighted by molar-refractivity contribution is -0.384. The smallest absolute Gasteiger partial charge is 0.343 e. The van der Waals surface area contributed by atoms with Crippen LogP contribution in [0.15, 0.2) is 76.7 Å². The van der Waals surface area contributed by atoms with Crippen molar-refractivity contribution in [2.24, 2.45) is 0 Å². The maximum atomic E-state index is 12.2. The zero-order valence-corrected chi connectivity index (χ0v) is 15.3. The number of esters is 1. The van der Waals surface area contributed by atoms with Gasteiger partial charge in [-0.2, -0.15) is 0 Å². The van der Waals surface area contributed by atoms with Crippen LogP contribution in [0, 0.1) is 10.1 Å². The standard InChI is InChI=1S/C22H15NO6/c1-27-18-7-5-14(6-8-18)21-13-16(22(24)29-21)12-19-9-10-20(28-19)15-3-2-4-17(11-15)23(25)26/h2-13H,1H3/b16-12-. The van der Waals surface area contributed by atoms with E-state index < -0.39 is 10.9 Å². The second kappa shape index (κ2) is 7.47. The zero-order chi connectivity index (χ0) is 20.4. The van der Waals surface area contributed by atoms with Gasteiger partial charge in [0.15, 0.2) is 0 Å². The van der Waals surface area contributed by atoms with Crippen LogP contribution in [-0.2, 0) is 9.53 Å². The maximum absolute atomic E-state index is 12.2. The van der Waals surface area contributed by atoms with E-state index in [4.69, 9.17) is 13.9 Å². The van der Waals surface area contributed by atoms with Crippen molar-refractivity contribution < 1.29 is 23.6 Å². The molecule has 29 heavy (non-hydrogen) atoms. The Morgan fingerprint density at radius 2 is 1.83 bits per heavy atom. The van der Waals surface area contributed by atoms with Crippen molar-refractivity contribution in [3.05, 3.63) is 93.8 Å². The van der Waals surface area contributed by atoms with Gasteiger partial charge in [0.25, 0.3) is 5.69 Å². The van der Waals surface area contributed by atoms with Crippen molar-refractivity contribution in [3.63, 3.8) is 0 Å². The second-order valence-electron chi connectivity index (χ2n) is 6.24. The highest BCUT2D eigenvalue weighted by Gasteiger charge is 2.22. The largest absolute Gasteiger partial charge is 0.497 e. The molecule has 2 heterocycles. The first-order valence-electron chi connectivity index (χ1n) is 8.68. The summed E-state index contributed by atoms with van der Waals surface area (Å²) in [5.41, 5.74) is 1.65. The van der Waals surface area contributed by atoms with Gasteiger partial charge in [-0.25, -0.2) is 4.79 Å². The molecule has 1 aromatic heterocycles. The van der Waals surface area contributed by atoms with E-state index in [2.05, 4.69) is 0 Å². The van der Waals surface area contributed by atoms with Crippen molar-refractivity contribution in [1.29, 1.82) is 0 Å². The molecule has 144 valence electrons. The first-order chi connectivity index (χ1) is 14.0. The van der Waals surface area contributed by atoms with Crippen LogP contribution in [0.2, 0.25) is 0 Å². The lowest BCUT2D eigenvalue weighted by Gasteiger charge is -2.03. The summed E-state index contributed by atoms with van der Waals surface area (Å²) in [6.45, 7) is 0. The van der Waals surface area contributed by atoms with Gasteiger partial charge in [0, 0.05) is 23.3 Å². The van der Waals surface area contributed by atoms with Crippen molar-refractivity contribution in [2.75, 3.05) is 7.11 Å². The van der Waals surface area contributed by atoms with Gasteiger partial charge in [0.05, 0.1) is 17.6 Å². The van der Waals surface area contributed by atoms with Gasteiger partial charge in [-0.05, 0) is 48.6 Å². The Morgan fingerprint density at radius 1 is 1.03 bits per heavy atom. The van der Waals surface area contributed by atoms with Gasteiger partial charge in [-0.1, -0.05) is 12.1 Å². The lowest BCUT2D eigenvalue weighted by atomic mass is 10.1. The molecule has 0 N–H and O–H groups in total. The summed E-state index contributed by atoms with van der Waals surface area (Å²) in [5.74, 6) is 1.56. The molecule has 0 fully saturated rings. The Kier molecular flexibility index (Phi) is 4.70. The van der Waals surface area contributed by atoms with E-state index in [1.165, 1.54) is 12.1 Å². The van der Waals surface area contributed by atoms with Crippen LogP contribution < -0.4 is 4.74 Å². The molecule has 7 nitrogen and oxygen atoms in total. The molecule has 2 aromatic carbocycles. The number of nitrogens with zero attached hydrogens (tertiary/aromatic N) is 1. The summed E-state index contributed by atoms with van der Waals surface area (Å²) in [4.78, 5) is 22.7. The van der Waals surface area contributed by atoms with Gasteiger partial charge in [-0.3, -0.25) is 10.1 Å². The number of carbonyl (C=O) groups excluding carboxylic acids is 1. The van der Waals surface area contributed by atoms with E-state index >= 15 is 0 Å². The number of nitro groups is 1. The summed E-state index contributed by atoms with van der Waals surface area (Å²) < 4.78 is 16.2. The number of rotatable bonds is 5. The van der Waals surface area contributed by atoms with Crippen molar-refractivity contribution in [3.8, 4) is 17.1 Å². The molecule has 0 unspecified atom stereocenters. The first-order valence-corrected chi connectivity index (χ1v) is 8.68. The Balaban J connectivity index is 1.59. The molecule has 0 radical (unpaired) electrons. The molecule has 4 rings (SSSR count). The van der Waals surface area contributed by atoms with Gasteiger partial charge >= 0.3 is 5.97 Å². The van der Waals surface area contributed by atoms with Gasteiger partial charge in [0.1, 0.15) is 23.0 Å². The number of ether oxygens (including phenoxy) is 2. The number of cyclic esters (lactones) is 1. The number of hydrogen-bond acceptors (Lipinski definition) is 6. The second-order valence-corrected chi connectivity index (χ2v) is 6.24. The number of non-ortho nitro benzene ring substituents is 1. The third kappa shape index (κ3) is 3.79. The van der Waals surface area contributed by atoms with E-state index in [0.717, 1.165) is 5.56 Å². The van der Waals surface area contributed by atoms with Crippen LogP contribution in [0.5, 0.6) is 5.75 Å². The maximum Gasteiger partial charge on any atom is 0.343 e. The fourth-order valence-corrected chi connectivity index (χ4v) is 2.90. The van der Waals surface area contributed by atoms with E-state index in [0.29, 0.717) is 34.2 Å². The van der Waals surface area contributed by atoms with E-state index in [1.54, 1.807) is 67.8 Å². The van der Waals surface area contributed by atoms with Crippen molar-refractivity contribution in [1.82, 2.24) is 0 Å². The molecule has 0 amide bonds. The summed E-state index contributed by atoms with van der Waals surface area (Å²) in [6, 6.07) is 16.7. The fourth-order valence-electron chi connectivity index (χ4n) is 2.90. The van der Waals surface area contributed by atoms with Crippen LogP contribution in [0.1, 0.15) is 11.3 Å². The number of methoxy groups -OCH3 is 1. The predicted octanol–water partition coefficient (Wildman–Crippen LogP) is 4.84. The summed E-state index contributed by atoms with van der Waals surface area (Å²) >= 11 is 0. The quantitative estimate of drug-likeness (QED) is 0.268. The molecular weight excluding hydrogens is 374 g/mol. The summed E-state index contributed by atoms with van der Waals surface area (Å²) in [6.07, 6.45) is 3.21. The summed E-state index contributed by atoms with van der Waals surface area (Å²) in [7, 11) is 1.58. The molecule has 1 aliphatic heterocycles. The molecular formula is C22H15NO6. The predicted molar refractivity (Wildman–Crippen MR) is 106 cm³/mol. The highest BCUT2D eigenvalue weighted by molar-refractivity contribution is 6.04. The number of nitro benzene ring substituents is 1. The molecule has 0 atom stereocenters. The Labute approximate surface area is 165 Å². The SMILES string of the molecule is COc1ccc(C2=C/C(=C/c3ccc(-c4cccc([N+](=O)[O-])c4)o3)C(=O)O2)cc1. The molecule has 0 saturated heterocycles. The van der Waals surface area contributed by atoms with E-state index in [-0.39, 0.29) is 5.69 Å². The van der Waals surface area contributed by atoms with Crippen LogP contribution in [0.25, 0.3) is 23.2 Å². The van der Waals surface area contributed by atoms with Crippen LogP contribution >= 0.6 is 0 Å². The number of furan rings is 1. The molecule has 0 saturated carbocycles. The average Bonchev–Trinajstić information content (AvgIpc) is 3.35. The molecule has 7 heteroatoms. The highest BCUT2D eigenvalue weighted by atomic mass is 16.6. The minimum atomic E-state index is -0.482. The van der Waals surface area contributed by atoms with Crippen LogP contribution in [0.4, 0.5) is 5.69 Å². The average molecular weight is 389 g/mol. The van der Waals surface area contributed by atoms with Crippen molar-refractivity contribution >= 4 is 23.5 Å². The molecule has 3 aromatic rings. The minimum absolute atomic E-state index is 0.0229. The van der Waals surface area contributed by atoms with Crippen molar-refractivity contribution in [2.45, 2.75) is 0 Å². The number of carbonyl (C=O) groups is 1. The van der Waals surface area contributed by atoms with Gasteiger partial charge in [0.2, 0.25) is 0 Å². The van der Waals surface area contributed by atoms with Crippen LogP contribution in [-0.4, -0.2) is 18.0 Å². The molecule has 0 bridgehead atoms. The fraction of sp³-hybridized carbons (Fsp3) is 0.0455. The third-order valence-corrected chi connectivity index (χ3v) is 4.37. The Hall–Kier alpha value is -4.13. The lowest BCUT2D eigenvalue weighted by Crippen LogP contribution is -1.97. The Bertz CT molecular complexity index is 1150. The monoisotopic (exact) mass is 389 g/mol. The third-order valence-electron chi connectivity index (χ3n) is 4.37. The zero-order valence-electron chi connectivity index (χ0n) is 15.3. The van der Waals surface area contributed by atoms with Gasteiger partial charge < -0.3 is 13.9 Å². The van der Waals surface area contributed by atoms with Gasteiger partial charge in [-0.15, -0.1) is 0 Å².